The number of benzene rings is 3. The average molecular weight is 453 g/mol. The molecule has 4 aromatic rings. The average Bonchev–Trinajstić information content (AvgIpc) is 3.45. The van der Waals surface area contributed by atoms with E-state index in [0.29, 0.717) is 28.0 Å². The first-order chi connectivity index (χ1) is 15.1. The maximum absolute atomic E-state index is 13.8. The van der Waals surface area contributed by atoms with Crippen molar-refractivity contribution in [3.8, 4) is 5.75 Å². The third-order valence-electron chi connectivity index (χ3n) is 5.52. The Morgan fingerprint density at radius 2 is 2.03 bits per heavy atom. The number of methoxy groups -OCH3 is 1. The van der Waals surface area contributed by atoms with Gasteiger partial charge in [0.15, 0.2) is 5.13 Å². The molecule has 1 amide bonds. The highest BCUT2D eigenvalue weighted by atomic mass is 35.5. The molecule has 0 N–H and O–H groups in total. The Hall–Kier alpha value is -2.67. The van der Waals surface area contributed by atoms with Crippen LogP contribution in [0.3, 0.4) is 0 Å². The van der Waals surface area contributed by atoms with Crippen LogP contribution in [0, 0.1) is 0 Å². The molecule has 5 nitrogen and oxygen atoms in total. The fourth-order valence-corrected chi connectivity index (χ4v) is 5.19. The maximum Gasteiger partial charge on any atom is 0.263 e. The second-order valence-electron chi connectivity index (χ2n) is 7.56. The highest BCUT2D eigenvalue weighted by molar-refractivity contribution is 7.22. The van der Waals surface area contributed by atoms with E-state index in [1.807, 2.05) is 54.6 Å². The molecule has 1 saturated heterocycles. The first-order valence-electron chi connectivity index (χ1n) is 10.2. The Kier molecular flexibility index (Phi) is 5.52. The number of carbonyl (C=O) groups is 1. The molecule has 1 fully saturated rings. The van der Waals surface area contributed by atoms with Crippen molar-refractivity contribution >= 4 is 55.0 Å². The van der Waals surface area contributed by atoms with E-state index >= 15 is 0 Å². The van der Waals surface area contributed by atoms with E-state index < -0.39 is 0 Å². The third kappa shape index (κ3) is 3.99. The zero-order valence-corrected chi connectivity index (χ0v) is 18.6. The number of carbonyl (C=O) groups excluding carboxylic acids is 1. The molecule has 0 radical (unpaired) electrons. The van der Waals surface area contributed by atoms with E-state index in [-0.39, 0.29) is 12.0 Å². The largest absolute Gasteiger partial charge is 0.496 e. The van der Waals surface area contributed by atoms with Crippen LogP contribution in [-0.4, -0.2) is 37.3 Å². The van der Waals surface area contributed by atoms with Crippen LogP contribution in [0.25, 0.3) is 21.0 Å². The monoisotopic (exact) mass is 452 g/mol. The molecular formula is C24H21ClN2O3S. The minimum Gasteiger partial charge on any atom is -0.496 e. The zero-order chi connectivity index (χ0) is 21.4. The summed E-state index contributed by atoms with van der Waals surface area (Å²) in [6.07, 6.45) is 1.92. The lowest BCUT2D eigenvalue weighted by Crippen LogP contribution is -2.37. The number of fused-ring (bicyclic) bond motifs is 2. The number of rotatable bonds is 5. The number of ether oxygens (including phenoxy) is 2. The van der Waals surface area contributed by atoms with Crippen molar-refractivity contribution in [3.63, 3.8) is 0 Å². The Morgan fingerprint density at radius 1 is 1.23 bits per heavy atom. The standard InChI is InChI=1S/C24H21ClN2O3S/c1-29-21-12-16-6-3-2-5-15(16)11-19(21)23(28)27(14-18-7-4-10-30-18)24-26-20-9-8-17(25)13-22(20)31-24/h2-3,5-6,8-9,11-13,18H,4,7,10,14H2,1H3. The normalized spacial score (nSPS) is 16.1. The van der Waals surface area contributed by atoms with Gasteiger partial charge in [0.05, 0.1) is 35.5 Å². The van der Waals surface area contributed by atoms with E-state index in [9.17, 15) is 4.79 Å². The van der Waals surface area contributed by atoms with E-state index in [2.05, 4.69) is 0 Å². The SMILES string of the molecule is COc1cc2ccccc2cc1C(=O)N(CC1CCCO1)c1nc2ccc(Cl)cc2s1. The number of hydrogen-bond acceptors (Lipinski definition) is 5. The number of amides is 1. The molecule has 0 spiro atoms. The summed E-state index contributed by atoms with van der Waals surface area (Å²) >= 11 is 7.62. The van der Waals surface area contributed by atoms with Crippen molar-refractivity contribution in [2.45, 2.75) is 18.9 Å². The van der Waals surface area contributed by atoms with Gasteiger partial charge in [0, 0.05) is 11.6 Å². The summed E-state index contributed by atoms with van der Waals surface area (Å²) in [5.41, 5.74) is 1.33. The fraction of sp³-hybridized carbons (Fsp3) is 0.250. The summed E-state index contributed by atoms with van der Waals surface area (Å²) < 4.78 is 12.4. The van der Waals surface area contributed by atoms with Crippen LogP contribution in [0.5, 0.6) is 5.75 Å². The van der Waals surface area contributed by atoms with Crippen LogP contribution in [0.4, 0.5) is 5.13 Å². The molecule has 1 aliphatic rings. The second kappa shape index (κ2) is 8.46. The fourth-order valence-electron chi connectivity index (χ4n) is 3.94. The Labute approximate surface area is 189 Å². The van der Waals surface area contributed by atoms with E-state index in [1.165, 1.54) is 11.3 Å². The van der Waals surface area contributed by atoms with Gasteiger partial charge in [-0.2, -0.15) is 0 Å². The molecule has 3 aromatic carbocycles. The third-order valence-corrected chi connectivity index (χ3v) is 6.80. The van der Waals surface area contributed by atoms with Crippen LogP contribution < -0.4 is 9.64 Å². The molecule has 1 atom stereocenters. The lowest BCUT2D eigenvalue weighted by atomic mass is 10.0. The summed E-state index contributed by atoms with van der Waals surface area (Å²) in [4.78, 5) is 20.3. The number of aromatic nitrogens is 1. The first kappa shape index (κ1) is 20.2. The number of anilines is 1. The second-order valence-corrected chi connectivity index (χ2v) is 9.00. The van der Waals surface area contributed by atoms with Crippen LogP contribution in [-0.2, 0) is 4.74 Å². The van der Waals surface area contributed by atoms with Crippen LogP contribution >= 0.6 is 22.9 Å². The van der Waals surface area contributed by atoms with Gasteiger partial charge in [-0.15, -0.1) is 0 Å². The van der Waals surface area contributed by atoms with Gasteiger partial charge < -0.3 is 9.47 Å². The summed E-state index contributed by atoms with van der Waals surface area (Å²) in [5.74, 6) is 0.397. The van der Waals surface area contributed by atoms with Crippen molar-refractivity contribution in [2.75, 3.05) is 25.2 Å². The molecule has 5 rings (SSSR count). The number of thiazole rings is 1. The van der Waals surface area contributed by atoms with Crippen molar-refractivity contribution in [1.82, 2.24) is 4.98 Å². The molecule has 0 saturated carbocycles. The number of halogens is 1. The van der Waals surface area contributed by atoms with E-state index in [4.69, 9.17) is 26.1 Å². The Balaban J connectivity index is 1.60. The van der Waals surface area contributed by atoms with Gasteiger partial charge in [-0.25, -0.2) is 4.98 Å². The summed E-state index contributed by atoms with van der Waals surface area (Å²) in [7, 11) is 1.59. The van der Waals surface area contributed by atoms with E-state index in [1.54, 1.807) is 12.0 Å². The van der Waals surface area contributed by atoms with Crippen molar-refractivity contribution in [2.24, 2.45) is 0 Å². The molecule has 1 aliphatic heterocycles. The molecule has 2 heterocycles. The zero-order valence-electron chi connectivity index (χ0n) is 17.0. The predicted molar refractivity (Wildman–Crippen MR) is 126 cm³/mol. The van der Waals surface area contributed by atoms with Crippen molar-refractivity contribution in [1.29, 1.82) is 0 Å². The first-order valence-corrected chi connectivity index (χ1v) is 11.4. The quantitative estimate of drug-likeness (QED) is 0.376. The summed E-state index contributed by atoms with van der Waals surface area (Å²) in [5, 5.41) is 3.29. The van der Waals surface area contributed by atoms with E-state index in [0.717, 1.165) is 40.4 Å². The van der Waals surface area contributed by atoms with Crippen LogP contribution in [0.2, 0.25) is 5.02 Å². The van der Waals surface area contributed by atoms with Gasteiger partial charge in [-0.3, -0.25) is 9.69 Å². The topological polar surface area (TPSA) is 51.7 Å². The summed E-state index contributed by atoms with van der Waals surface area (Å²) in [6, 6.07) is 17.3. The molecular weight excluding hydrogens is 432 g/mol. The van der Waals surface area contributed by atoms with Gasteiger partial charge in [0.2, 0.25) is 0 Å². The van der Waals surface area contributed by atoms with Gasteiger partial charge in [-0.05, 0) is 53.9 Å². The van der Waals surface area contributed by atoms with Gasteiger partial charge in [0.1, 0.15) is 5.75 Å². The molecule has 0 bridgehead atoms. The minimum absolute atomic E-state index is 0.00833. The highest BCUT2D eigenvalue weighted by Crippen LogP contribution is 2.34. The molecule has 31 heavy (non-hydrogen) atoms. The van der Waals surface area contributed by atoms with Crippen molar-refractivity contribution in [3.05, 3.63) is 65.2 Å². The lowest BCUT2D eigenvalue weighted by molar-refractivity contribution is 0.0915. The van der Waals surface area contributed by atoms with Crippen LogP contribution in [0.15, 0.2) is 54.6 Å². The summed E-state index contributed by atoms with van der Waals surface area (Å²) in [6.45, 7) is 1.17. The lowest BCUT2D eigenvalue weighted by Gasteiger charge is -2.24. The molecule has 158 valence electrons. The molecule has 7 heteroatoms. The molecule has 0 aliphatic carbocycles. The smallest absolute Gasteiger partial charge is 0.263 e. The Morgan fingerprint density at radius 3 is 2.77 bits per heavy atom. The highest BCUT2D eigenvalue weighted by Gasteiger charge is 2.29. The van der Waals surface area contributed by atoms with Gasteiger partial charge in [0.25, 0.3) is 5.91 Å². The Bertz CT molecular complexity index is 1270. The van der Waals surface area contributed by atoms with Crippen LogP contribution in [0.1, 0.15) is 23.2 Å². The number of nitrogens with zero attached hydrogens (tertiary/aromatic N) is 2. The van der Waals surface area contributed by atoms with Crippen molar-refractivity contribution < 1.29 is 14.3 Å². The van der Waals surface area contributed by atoms with Gasteiger partial charge >= 0.3 is 0 Å². The van der Waals surface area contributed by atoms with Gasteiger partial charge in [-0.1, -0.05) is 47.2 Å². The number of hydrogen-bond donors (Lipinski definition) is 0. The maximum atomic E-state index is 13.8. The molecule has 1 unspecified atom stereocenters. The molecule has 1 aromatic heterocycles. The predicted octanol–water partition coefficient (Wildman–Crippen LogP) is 5.94. The minimum atomic E-state index is -0.150.